The smallest absolute Gasteiger partial charge is 0.270 e. The summed E-state index contributed by atoms with van der Waals surface area (Å²) in [5.41, 5.74) is 11.2. The molecule has 0 bridgehead atoms. The number of nitrogen functional groups attached to an aromatic ring is 1. The molecule has 0 saturated heterocycles. The highest BCUT2D eigenvalue weighted by molar-refractivity contribution is 5.96. The first-order valence-corrected chi connectivity index (χ1v) is 9.68. The molecule has 7 heteroatoms. The summed E-state index contributed by atoms with van der Waals surface area (Å²) in [7, 11) is 1.86. The zero-order valence-corrected chi connectivity index (χ0v) is 16.5. The van der Waals surface area contributed by atoms with Crippen molar-refractivity contribution >= 4 is 11.6 Å². The van der Waals surface area contributed by atoms with E-state index in [4.69, 9.17) is 10.8 Å². The lowest BCUT2D eigenvalue weighted by atomic mass is 10.0. The van der Waals surface area contributed by atoms with E-state index in [-0.39, 0.29) is 11.9 Å². The Morgan fingerprint density at radius 1 is 1.29 bits per heavy atom. The first-order valence-electron chi connectivity index (χ1n) is 9.68. The summed E-state index contributed by atoms with van der Waals surface area (Å²) < 4.78 is 3.59. The molecule has 3 aromatic rings. The number of nitrogens with zero attached hydrogens (tertiary/aromatic N) is 4. The molecular weight excluding hydrogens is 352 g/mol. The van der Waals surface area contributed by atoms with Gasteiger partial charge in [-0.1, -0.05) is 12.1 Å². The fourth-order valence-electron chi connectivity index (χ4n) is 3.49. The van der Waals surface area contributed by atoms with Crippen molar-refractivity contribution in [2.75, 3.05) is 5.73 Å². The third-order valence-electron chi connectivity index (χ3n) is 5.03. The number of carbonyl (C=O) groups is 1. The topological polar surface area (TPSA) is 90.8 Å². The molecule has 1 aliphatic rings. The maximum atomic E-state index is 13.2. The molecule has 2 heterocycles. The summed E-state index contributed by atoms with van der Waals surface area (Å²) >= 11 is 0. The van der Waals surface area contributed by atoms with Gasteiger partial charge < -0.3 is 11.1 Å². The molecule has 2 aromatic heterocycles. The summed E-state index contributed by atoms with van der Waals surface area (Å²) in [6.45, 7) is 4.54. The fraction of sp³-hybridized carbons (Fsp3) is 0.381. The van der Waals surface area contributed by atoms with Gasteiger partial charge in [0.15, 0.2) is 0 Å². The standard InChI is InChI=1S/C21H26N6O/c1-13(2)27-20(21(28)23-10-14-11-24-26(3)12-14)18(15-4-5-15)19(25-27)16-6-8-17(22)9-7-16/h6-9,11-13,15H,4-5,10,22H2,1-3H3,(H,23,28). The molecule has 146 valence electrons. The Kier molecular flexibility index (Phi) is 4.66. The van der Waals surface area contributed by atoms with E-state index in [9.17, 15) is 4.79 Å². The predicted octanol–water partition coefficient (Wildman–Crippen LogP) is 3.25. The second-order valence-corrected chi connectivity index (χ2v) is 7.75. The Balaban J connectivity index is 1.72. The van der Waals surface area contributed by atoms with Gasteiger partial charge in [-0.05, 0) is 44.7 Å². The van der Waals surface area contributed by atoms with E-state index in [1.807, 2.05) is 56.0 Å². The summed E-state index contributed by atoms with van der Waals surface area (Å²) in [6, 6.07) is 7.79. The number of anilines is 1. The molecule has 28 heavy (non-hydrogen) atoms. The summed E-state index contributed by atoms with van der Waals surface area (Å²) in [5, 5.41) is 12.1. The van der Waals surface area contributed by atoms with Crippen molar-refractivity contribution in [3.05, 3.63) is 53.5 Å². The van der Waals surface area contributed by atoms with Gasteiger partial charge in [-0.15, -0.1) is 0 Å². The average molecular weight is 378 g/mol. The third-order valence-corrected chi connectivity index (χ3v) is 5.03. The number of hydrogen-bond donors (Lipinski definition) is 2. The number of nitrogens with two attached hydrogens (primary N) is 1. The number of amides is 1. The van der Waals surface area contributed by atoms with Crippen LogP contribution in [0.1, 0.15) is 60.3 Å². The Labute approximate surface area is 164 Å². The lowest BCUT2D eigenvalue weighted by molar-refractivity contribution is 0.0937. The number of benzene rings is 1. The summed E-state index contributed by atoms with van der Waals surface area (Å²) in [6.07, 6.45) is 5.85. The van der Waals surface area contributed by atoms with Gasteiger partial charge in [0.25, 0.3) is 5.91 Å². The fourth-order valence-corrected chi connectivity index (χ4v) is 3.49. The molecule has 0 atom stereocenters. The van der Waals surface area contributed by atoms with E-state index in [0.717, 1.165) is 40.9 Å². The number of aryl methyl sites for hydroxylation is 1. The monoisotopic (exact) mass is 378 g/mol. The van der Waals surface area contributed by atoms with Crippen molar-refractivity contribution < 1.29 is 4.79 Å². The minimum atomic E-state index is -0.0892. The molecular formula is C21H26N6O. The molecule has 1 aliphatic carbocycles. The van der Waals surface area contributed by atoms with Crippen LogP contribution in [0.25, 0.3) is 11.3 Å². The average Bonchev–Trinajstić information content (AvgIpc) is 3.29. The molecule has 0 radical (unpaired) electrons. The Bertz CT molecular complexity index is 995. The van der Waals surface area contributed by atoms with Crippen LogP contribution in [-0.4, -0.2) is 25.5 Å². The van der Waals surface area contributed by atoms with E-state index in [0.29, 0.717) is 18.2 Å². The van der Waals surface area contributed by atoms with Crippen LogP contribution in [0.2, 0.25) is 0 Å². The minimum Gasteiger partial charge on any atom is -0.399 e. The van der Waals surface area contributed by atoms with Crippen molar-refractivity contribution in [1.82, 2.24) is 24.9 Å². The van der Waals surface area contributed by atoms with Crippen molar-refractivity contribution in [3.63, 3.8) is 0 Å². The van der Waals surface area contributed by atoms with Crippen molar-refractivity contribution in [2.24, 2.45) is 7.05 Å². The van der Waals surface area contributed by atoms with E-state index in [1.165, 1.54) is 0 Å². The van der Waals surface area contributed by atoms with Crippen molar-refractivity contribution in [3.8, 4) is 11.3 Å². The van der Waals surface area contributed by atoms with E-state index < -0.39 is 0 Å². The normalized spacial score (nSPS) is 13.9. The molecule has 1 saturated carbocycles. The Morgan fingerprint density at radius 2 is 2.00 bits per heavy atom. The molecule has 7 nitrogen and oxygen atoms in total. The van der Waals surface area contributed by atoms with Gasteiger partial charge in [0.2, 0.25) is 0 Å². The number of nitrogens with one attached hydrogen (secondary N) is 1. The molecule has 4 rings (SSSR count). The minimum absolute atomic E-state index is 0.0826. The first-order chi connectivity index (χ1) is 13.4. The van der Waals surface area contributed by atoms with Crippen LogP contribution in [0, 0.1) is 0 Å². The Hall–Kier alpha value is -3.09. The molecule has 1 aromatic carbocycles. The second kappa shape index (κ2) is 7.14. The van der Waals surface area contributed by atoms with Gasteiger partial charge in [0, 0.05) is 48.2 Å². The maximum absolute atomic E-state index is 13.2. The number of hydrogen-bond acceptors (Lipinski definition) is 4. The van der Waals surface area contributed by atoms with Crippen molar-refractivity contribution in [1.29, 1.82) is 0 Å². The highest BCUT2D eigenvalue weighted by atomic mass is 16.2. The van der Waals surface area contributed by atoms with E-state index >= 15 is 0 Å². The summed E-state index contributed by atoms with van der Waals surface area (Å²) in [5.74, 6) is 0.299. The Morgan fingerprint density at radius 3 is 2.57 bits per heavy atom. The van der Waals surface area contributed by atoms with Crippen LogP contribution in [0.15, 0.2) is 36.7 Å². The summed E-state index contributed by atoms with van der Waals surface area (Å²) in [4.78, 5) is 13.2. The van der Waals surface area contributed by atoms with Crippen molar-refractivity contribution in [2.45, 2.75) is 45.2 Å². The van der Waals surface area contributed by atoms with Gasteiger partial charge in [-0.2, -0.15) is 10.2 Å². The van der Waals surface area contributed by atoms with Gasteiger partial charge in [-0.25, -0.2) is 0 Å². The van der Waals surface area contributed by atoms with Crippen LogP contribution >= 0.6 is 0 Å². The van der Waals surface area contributed by atoms with E-state index in [1.54, 1.807) is 10.9 Å². The van der Waals surface area contributed by atoms with Gasteiger partial charge in [0.1, 0.15) is 5.69 Å². The zero-order chi connectivity index (χ0) is 19.8. The van der Waals surface area contributed by atoms with Gasteiger partial charge in [0.05, 0.1) is 11.9 Å². The van der Waals surface area contributed by atoms with Crippen LogP contribution in [0.5, 0.6) is 0 Å². The number of carbonyl (C=O) groups excluding carboxylic acids is 1. The largest absolute Gasteiger partial charge is 0.399 e. The number of aromatic nitrogens is 4. The first kappa shape index (κ1) is 18.3. The lowest BCUT2D eigenvalue weighted by Gasteiger charge is -2.12. The molecule has 0 aliphatic heterocycles. The van der Waals surface area contributed by atoms with Gasteiger partial charge >= 0.3 is 0 Å². The molecule has 3 N–H and O–H groups in total. The zero-order valence-electron chi connectivity index (χ0n) is 16.5. The van der Waals surface area contributed by atoms with Crippen LogP contribution in [0.4, 0.5) is 5.69 Å². The van der Waals surface area contributed by atoms with Gasteiger partial charge in [-0.3, -0.25) is 14.2 Å². The van der Waals surface area contributed by atoms with Crippen LogP contribution < -0.4 is 11.1 Å². The van der Waals surface area contributed by atoms with E-state index in [2.05, 4.69) is 10.4 Å². The molecule has 0 unspecified atom stereocenters. The third kappa shape index (κ3) is 3.52. The molecule has 0 spiro atoms. The molecule has 1 amide bonds. The highest BCUT2D eigenvalue weighted by Gasteiger charge is 2.35. The van der Waals surface area contributed by atoms with Crippen LogP contribution in [0.3, 0.4) is 0 Å². The second-order valence-electron chi connectivity index (χ2n) is 7.75. The predicted molar refractivity (Wildman–Crippen MR) is 109 cm³/mol. The highest BCUT2D eigenvalue weighted by Crippen LogP contribution is 2.46. The quantitative estimate of drug-likeness (QED) is 0.644. The van der Waals surface area contributed by atoms with Crippen LogP contribution in [-0.2, 0) is 13.6 Å². The SMILES string of the molecule is CC(C)n1nc(-c2ccc(N)cc2)c(C2CC2)c1C(=O)NCc1cnn(C)c1. The maximum Gasteiger partial charge on any atom is 0.270 e. The number of rotatable bonds is 6. The molecule has 1 fully saturated rings. The lowest BCUT2D eigenvalue weighted by Crippen LogP contribution is -2.27.